The van der Waals surface area contributed by atoms with Crippen molar-refractivity contribution in [2.45, 2.75) is 25.8 Å². The molecule has 1 fully saturated rings. The Kier molecular flexibility index (Phi) is 3.13. The van der Waals surface area contributed by atoms with Crippen molar-refractivity contribution >= 4 is 17.3 Å². The predicted molar refractivity (Wildman–Crippen MR) is 68.1 cm³/mol. The zero-order valence-corrected chi connectivity index (χ0v) is 10.5. The average molecular weight is 240 g/mol. The number of benzene rings is 1. The molecule has 1 aromatic rings. The molecular formula is C13H18ClNO. The Labute approximate surface area is 102 Å². The van der Waals surface area contributed by atoms with Crippen LogP contribution in [0.4, 0.5) is 5.69 Å². The summed E-state index contributed by atoms with van der Waals surface area (Å²) in [6, 6.07) is 7.92. The highest BCUT2D eigenvalue weighted by atomic mass is 35.5. The fraction of sp³-hybridized carbons (Fsp3) is 0.538. The summed E-state index contributed by atoms with van der Waals surface area (Å²) in [5.41, 5.74) is 1.20. The van der Waals surface area contributed by atoms with E-state index in [1.165, 1.54) is 5.69 Å². The van der Waals surface area contributed by atoms with E-state index in [-0.39, 0.29) is 12.1 Å². The number of anilines is 1. The van der Waals surface area contributed by atoms with Crippen LogP contribution in [-0.4, -0.2) is 23.8 Å². The molecule has 88 valence electrons. The number of hydrogen-bond acceptors (Lipinski definition) is 2. The summed E-state index contributed by atoms with van der Waals surface area (Å²) in [6.07, 6.45) is 1.05. The first-order chi connectivity index (χ1) is 7.55. The van der Waals surface area contributed by atoms with E-state index in [1.807, 2.05) is 24.3 Å². The Morgan fingerprint density at radius 3 is 2.50 bits per heavy atom. The van der Waals surface area contributed by atoms with Crippen molar-refractivity contribution in [2.24, 2.45) is 5.92 Å². The lowest BCUT2D eigenvalue weighted by Gasteiger charge is -2.37. The van der Waals surface area contributed by atoms with Gasteiger partial charge in [0.1, 0.15) is 0 Å². The van der Waals surface area contributed by atoms with Crippen molar-refractivity contribution in [3.8, 4) is 0 Å². The molecule has 1 saturated heterocycles. The Hall–Kier alpha value is -0.730. The molecule has 3 heteroatoms. The number of nitrogens with zero attached hydrogens (tertiary/aromatic N) is 1. The zero-order chi connectivity index (χ0) is 11.8. The fourth-order valence-electron chi connectivity index (χ4n) is 2.54. The van der Waals surface area contributed by atoms with Gasteiger partial charge in [-0.2, -0.15) is 0 Å². The smallest absolute Gasteiger partial charge is 0.0482 e. The second kappa shape index (κ2) is 4.27. The Morgan fingerprint density at radius 2 is 2.00 bits per heavy atom. The van der Waals surface area contributed by atoms with Crippen LogP contribution >= 0.6 is 11.6 Å². The number of rotatable bonds is 2. The number of aliphatic hydroxyl groups excluding tert-OH is 1. The maximum absolute atomic E-state index is 9.36. The summed E-state index contributed by atoms with van der Waals surface area (Å²) in [4.78, 5) is 2.35. The van der Waals surface area contributed by atoms with E-state index < -0.39 is 0 Å². The van der Waals surface area contributed by atoms with E-state index in [2.05, 4.69) is 18.7 Å². The molecule has 1 aliphatic heterocycles. The van der Waals surface area contributed by atoms with Crippen molar-refractivity contribution in [1.29, 1.82) is 0 Å². The van der Waals surface area contributed by atoms with Crippen LogP contribution in [0.15, 0.2) is 24.3 Å². The molecule has 0 bridgehead atoms. The highest BCUT2D eigenvalue weighted by Crippen LogP contribution is 2.38. The van der Waals surface area contributed by atoms with E-state index >= 15 is 0 Å². The van der Waals surface area contributed by atoms with Gasteiger partial charge in [-0.05, 0) is 44.5 Å². The van der Waals surface area contributed by atoms with Gasteiger partial charge >= 0.3 is 0 Å². The van der Waals surface area contributed by atoms with Crippen LogP contribution in [0.3, 0.4) is 0 Å². The highest BCUT2D eigenvalue weighted by Gasteiger charge is 2.40. The lowest BCUT2D eigenvalue weighted by Crippen LogP contribution is -2.43. The zero-order valence-electron chi connectivity index (χ0n) is 9.78. The number of hydrogen-bond donors (Lipinski definition) is 1. The van der Waals surface area contributed by atoms with Gasteiger partial charge in [0.05, 0.1) is 0 Å². The molecule has 2 rings (SSSR count). The van der Waals surface area contributed by atoms with Crippen molar-refractivity contribution in [3.05, 3.63) is 29.3 Å². The Morgan fingerprint density at radius 1 is 1.38 bits per heavy atom. The van der Waals surface area contributed by atoms with Gasteiger partial charge in [-0.3, -0.25) is 0 Å². The van der Waals surface area contributed by atoms with Gasteiger partial charge in [0.2, 0.25) is 0 Å². The van der Waals surface area contributed by atoms with Crippen LogP contribution in [0.1, 0.15) is 20.3 Å². The van der Waals surface area contributed by atoms with Crippen LogP contribution in [-0.2, 0) is 0 Å². The van der Waals surface area contributed by atoms with E-state index in [4.69, 9.17) is 11.6 Å². The molecule has 0 aliphatic carbocycles. The van der Waals surface area contributed by atoms with Gasteiger partial charge in [-0.15, -0.1) is 0 Å². The molecule has 1 heterocycles. The van der Waals surface area contributed by atoms with E-state index in [0.717, 1.165) is 18.0 Å². The number of aliphatic hydroxyl groups is 1. The van der Waals surface area contributed by atoms with Crippen LogP contribution < -0.4 is 4.90 Å². The molecule has 0 saturated carbocycles. The Bertz CT molecular complexity index is 361. The molecule has 1 aliphatic rings. The molecule has 1 atom stereocenters. The first-order valence-corrected chi connectivity index (χ1v) is 6.07. The third kappa shape index (κ3) is 1.92. The number of halogens is 1. The van der Waals surface area contributed by atoms with Crippen LogP contribution in [0.5, 0.6) is 0 Å². The van der Waals surface area contributed by atoms with Crippen molar-refractivity contribution in [1.82, 2.24) is 0 Å². The first-order valence-electron chi connectivity index (χ1n) is 5.70. The quantitative estimate of drug-likeness (QED) is 0.858. The minimum Gasteiger partial charge on any atom is -0.396 e. The highest BCUT2D eigenvalue weighted by molar-refractivity contribution is 6.30. The van der Waals surface area contributed by atoms with Crippen molar-refractivity contribution in [2.75, 3.05) is 18.1 Å². The standard InChI is InChI=1S/C13H18ClNO/c1-13(2)10(9-16)7-8-15(13)12-5-3-11(14)4-6-12/h3-6,10,16H,7-9H2,1-2H3. The third-order valence-electron chi connectivity index (χ3n) is 3.75. The summed E-state index contributed by atoms with van der Waals surface area (Å²) in [7, 11) is 0. The summed E-state index contributed by atoms with van der Waals surface area (Å²) < 4.78 is 0. The van der Waals surface area contributed by atoms with Gasteiger partial charge < -0.3 is 10.0 Å². The van der Waals surface area contributed by atoms with Gasteiger partial charge in [-0.1, -0.05) is 11.6 Å². The molecule has 1 aromatic carbocycles. The monoisotopic (exact) mass is 239 g/mol. The molecule has 1 unspecified atom stereocenters. The first kappa shape index (κ1) is 11.7. The van der Waals surface area contributed by atoms with Gasteiger partial charge in [0.25, 0.3) is 0 Å². The lowest BCUT2D eigenvalue weighted by atomic mass is 9.89. The molecule has 0 aromatic heterocycles. The fourth-order valence-corrected chi connectivity index (χ4v) is 2.67. The van der Waals surface area contributed by atoms with Crippen LogP contribution in [0, 0.1) is 5.92 Å². The SMILES string of the molecule is CC1(C)C(CO)CCN1c1ccc(Cl)cc1. The second-order valence-corrected chi connectivity index (χ2v) is 5.39. The molecule has 0 spiro atoms. The van der Waals surface area contributed by atoms with Gasteiger partial charge in [-0.25, -0.2) is 0 Å². The van der Waals surface area contributed by atoms with Gasteiger partial charge in [0, 0.05) is 35.3 Å². The molecule has 0 radical (unpaired) electrons. The van der Waals surface area contributed by atoms with E-state index in [0.29, 0.717) is 5.92 Å². The maximum atomic E-state index is 9.36. The molecule has 0 amide bonds. The van der Waals surface area contributed by atoms with Crippen molar-refractivity contribution in [3.63, 3.8) is 0 Å². The third-order valence-corrected chi connectivity index (χ3v) is 4.01. The van der Waals surface area contributed by atoms with Crippen molar-refractivity contribution < 1.29 is 5.11 Å². The average Bonchev–Trinajstić information content (AvgIpc) is 2.54. The minimum absolute atomic E-state index is 0.0164. The lowest BCUT2D eigenvalue weighted by molar-refractivity contribution is 0.189. The van der Waals surface area contributed by atoms with E-state index in [1.54, 1.807) is 0 Å². The van der Waals surface area contributed by atoms with Crippen LogP contribution in [0.2, 0.25) is 5.02 Å². The normalized spacial score (nSPS) is 23.8. The maximum Gasteiger partial charge on any atom is 0.0482 e. The topological polar surface area (TPSA) is 23.5 Å². The molecule has 1 N–H and O–H groups in total. The van der Waals surface area contributed by atoms with Gasteiger partial charge in [0.15, 0.2) is 0 Å². The predicted octanol–water partition coefficient (Wildman–Crippen LogP) is 2.94. The molecular weight excluding hydrogens is 222 g/mol. The Balaban J connectivity index is 2.26. The minimum atomic E-state index is 0.0164. The largest absolute Gasteiger partial charge is 0.396 e. The molecule has 2 nitrogen and oxygen atoms in total. The summed E-state index contributed by atoms with van der Waals surface area (Å²) in [5, 5.41) is 10.1. The summed E-state index contributed by atoms with van der Waals surface area (Å²) in [6.45, 7) is 5.64. The summed E-state index contributed by atoms with van der Waals surface area (Å²) >= 11 is 5.89. The van der Waals surface area contributed by atoms with Crippen LogP contribution in [0.25, 0.3) is 0 Å². The summed E-state index contributed by atoms with van der Waals surface area (Å²) in [5.74, 6) is 0.350. The van der Waals surface area contributed by atoms with E-state index in [9.17, 15) is 5.11 Å². The molecule has 16 heavy (non-hydrogen) atoms. The second-order valence-electron chi connectivity index (χ2n) is 4.95.